The highest BCUT2D eigenvalue weighted by Gasteiger charge is 2.31. The van der Waals surface area contributed by atoms with Crippen LogP contribution in [0.2, 0.25) is 0 Å². The quantitative estimate of drug-likeness (QED) is 0.880. The van der Waals surface area contributed by atoms with Crippen LogP contribution in [0, 0.1) is 11.6 Å². The zero-order chi connectivity index (χ0) is 18.7. The first kappa shape index (κ1) is 17.7. The molecule has 0 saturated carbocycles. The van der Waals surface area contributed by atoms with E-state index in [1.807, 2.05) is 0 Å². The lowest BCUT2D eigenvalue weighted by Crippen LogP contribution is -2.39. The molecule has 1 fully saturated rings. The van der Waals surface area contributed by atoms with Gasteiger partial charge in [-0.3, -0.25) is 4.79 Å². The Morgan fingerprint density at radius 3 is 2.73 bits per heavy atom. The van der Waals surface area contributed by atoms with Crippen molar-refractivity contribution in [3.63, 3.8) is 0 Å². The van der Waals surface area contributed by atoms with Gasteiger partial charge in [-0.05, 0) is 24.3 Å². The Kier molecular flexibility index (Phi) is 5.01. The van der Waals surface area contributed by atoms with Crippen LogP contribution in [-0.2, 0) is 4.79 Å². The van der Waals surface area contributed by atoms with E-state index in [1.165, 1.54) is 13.2 Å². The van der Waals surface area contributed by atoms with E-state index in [2.05, 4.69) is 10.6 Å². The Bertz CT molecular complexity index is 844. The summed E-state index contributed by atoms with van der Waals surface area (Å²) < 4.78 is 31.2. The first-order valence-electron chi connectivity index (χ1n) is 7.93. The molecule has 0 aliphatic carbocycles. The molecule has 136 valence electrons. The highest BCUT2D eigenvalue weighted by molar-refractivity contribution is 5.97. The molecule has 8 heteroatoms. The maximum absolute atomic E-state index is 13.2. The van der Waals surface area contributed by atoms with Crippen LogP contribution in [0.25, 0.3) is 0 Å². The average Bonchev–Trinajstić information content (AvgIpc) is 2.98. The second-order valence-corrected chi connectivity index (χ2v) is 5.83. The molecule has 6 nitrogen and oxygen atoms in total. The number of ether oxygens (including phenoxy) is 1. The van der Waals surface area contributed by atoms with Crippen molar-refractivity contribution < 1.29 is 23.1 Å². The van der Waals surface area contributed by atoms with Crippen molar-refractivity contribution in [3.05, 3.63) is 54.1 Å². The van der Waals surface area contributed by atoms with Crippen LogP contribution in [0.15, 0.2) is 42.5 Å². The number of urea groups is 1. The molecular formula is C18H17F2N3O3. The summed E-state index contributed by atoms with van der Waals surface area (Å²) in [6, 6.07) is 9.13. The Hall–Kier alpha value is -3.16. The molecule has 1 heterocycles. The van der Waals surface area contributed by atoms with E-state index in [0.29, 0.717) is 18.0 Å². The van der Waals surface area contributed by atoms with Gasteiger partial charge in [0.05, 0.1) is 13.2 Å². The Labute approximate surface area is 148 Å². The minimum absolute atomic E-state index is 0.121. The summed E-state index contributed by atoms with van der Waals surface area (Å²) in [4.78, 5) is 25.8. The molecule has 26 heavy (non-hydrogen) atoms. The third kappa shape index (κ3) is 3.90. The average molecular weight is 361 g/mol. The Balaban J connectivity index is 1.61. The van der Waals surface area contributed by atoms with Crippen molar-refractivity contribution in [1.29, 1.82) is 0 Å². The van der Waals surface area contributed by atoms with Gasteiger partial charge in [-0.2, -0.15) is 0 Å². The molecule has 2 aromatic rings. The van der Waals surface area contributed by atoms with Gasteiger partial charge < -0.3 is 20.3 Å². The zero-order valence-electron chi connectivity index (χ0n) is 14.0. The number of nitrogens with one attached hydrogen (secondary N) is 2. The van der Waals surface area contributed by atoms with Gasteiger partial charge in [-0.1, -0.05) is 6.07 Å². The molecule has 3 rings (SSSR count). The van der Waals surface area contributed by atoms with Gasteiger partial charge in [0.15, 0.2) is 11.6 Å². The number of methoxy groups -OCH3 is 1. The van der Waals surface area contributed by atoms with E-state index in [-0.39, 0.29) is 18.0 Å². The Morgan fingerprint density at radius 1 is 1.19 bits per heavy atom. The van der Waals surface area contributed by atoms with Gasteiger partial charge in [0, 0.05) is 36.5 Å². The minimum Gasteiger partial charge on any atom is -0.497 e. The topological polar surface area (TPSA) is 70.7 Å². The lowest BCUT2D eigenvalue weighted by atomic mass is 10.2. The minimum atomic E-state index is -1.05. The van der Waals surface area contributed by atoms with Crippen molar-refractivity contribution in [1.82, 2.24) is 5.32 Å². The normalized spacial score (nSPS) is 16.5. The molecule has 1 saturated heterocycles. The molecule has 1 atom stereocenters. The number of carbonyl (C=O) groups excluding carboxylic acids is 2. The monoisotopic (exact) mass is 361 g/mol. The smallest absolute Gasteiger partial charge is 0.319 e. The van der Waals surface area contributed by atoms with Crippen LogP contribution in [0.5, 0.6) is 5.75 Å². The maximum atomic E-state index is 13.2. The van der Waals surface area contributed by atoms with E-state index in [0.717, 1.165) is 12.1 Å². The van der Waals surface area contributed by atoms with Gasteiger partial charge in [0.1, 0.15) is 5.75 Å². The van der Waals surface area contributed by atoms with Crippen molar-refractivity contribution >= 4 is 23.3 Å². The fourth-order valence-electron chi connectivity index (χ4n) is 2.76. The third-order valence-electron chi connectivity index (χ3n) is 4.00. The van der Waals surface area contributed by atoms with Gasteiger partial charge >= 0.3 is 6.03 Å². The number of rotatable bonds is 4. The van der Waals surface area contributed by atoms with Gasteiger partial charge in [-0.25, -0.2) is 13.6 Å². The van der Waals surface area contributed by atoms with E-state index in [4.69, 9.17) is 4.74 Å². The van der Waals surface area contributed by atoms with E-state index < -0.39 is 23.7 Å². The summed E-state index contributed by atoms with van der Waals surface area (Å²) in [6.45, 7) is 0.303. The van der Waals surface area contributed by atoms with Crippen LogP contribution in [0.3, 0.4) is 0 Å². The molecule has 0 aromatic heterocycles. The summed E-state index contributed by atoms with van der Waals surface area (Å²) in [7, 11) is 1.54. The molecule has 3 amide bonds. The molecule has 0 spiro atoms. The van der Waals surface area contributed by atoms with Gasteiger partial charge in [0.25, 0.3) is 0 Å². The lowest BCUT2D eigenvalue weighted by Gasteiger charge is -2.18. The first-order valence-corrected chi connectivity index (χ1v) is 7.93. The third-order valence-corrected chi connectivity index (χ3v) is 4.00. The molecule has 0 bridgehead atoms. The van der Waals surface area contributed by atoms with Crippen molar-refractivity contribution in [2.75, 3.05) is 23.9 Å². The highest BCUT2D eigenvalue weighted by Crippen LogP contribution is 2.25. The number of hydrogen-bond donors (Lipinski definition) is 2. The molecule has 2 N–H and O–H groups in total. The van der Waals surface area contributed by atoms with Crippen molar-refractivity contribution in [3.8, 4) is 5.75 Å². The van der Waals surface area contributed by atoms with Crippen LogP contribution in [0.1, 0.15) is 6.42 Å². The van der Waals surface area contributed by atoms with Gasteiger partial charge in [0.2, 0.25) is 5.91 Å². The molecule has 1 aliphatic heterocycles. The summed E-state index contributed by atoms with van der Waals surface area (Å²) >= 11 is 0. The van der Waals surface area contributed by atoms with Crippen LogP contribution < -0.4 is 20.3 Å². The zero-order valence-corrected chi connectivity index (χ0v) is 14.0. The molecule has 1 unspecified atom stereocenters. The van der Waals surface area contributed by atoms with Crippen LogP contribution >= 0.6 is 0 Å². The molecule has 0 radical (unpaired) electrons. The number of carbonyl (C=O) groups is 2. The summed E-state index contributed by atoms with van der Waals surface area (Å²) in [5.41, 5.74) is 0.801. The number of benzene rings is 2. The fourth-order valence-corrected chi connectivity index (χ4v) is 2.76. The second-order valence-electron chi connectivity index (χ2n) is 5.83. The largest absolute Gasteiger partial charge is 0.497 e. The second kappa shape index (κ2) is 7.38. The van der Waals surface area contributed by atoms with Crippen LogP contribution in [0.4, 0.5) is 25.0 Å². The number of anilines is 2. The molecular weight excluding hydrogens is 344 g/mol. The highest BCUT2D eigenvalue weighted by atomic mass is 19.2. The standard InChI is InChI=1S/C18H17F2N3O3/c1-26-14-4-2-3-13(9-14)23-10-12(8-17(23)24)22-18(25)21-11-5-6-15(19)16(20)7-11/h2-7,9,12H,8,10H2,1H3,(H2,21,22,25). The van der Waals surface area contributed by atoms with Crippen LogP contribution in [-0.4, -0.2) is 31.6 Å². The summed E-state index contributed by atoms with van der Waals surface area (Å²) in [5.74, 6) is -1.55. The maximum Gasteiger partial charge on any atom is 0.319 e. The lowest BCUT2D eigenvalue weighted by molar-refractivity contribution is -0.117. The van der Waals surface area contributed by atoms with Gasteiger partial charge in [-0.15, -0.1) is 0 Å². The Morgan fingerprint density at radius 2 is 2.00 bits per heavy atom. The number of halogens is 2. The number of amides is 3. The summed E-state index contributed by atoms with van der Waals surface area (Å²) in [5, 5.41) is 5.08. The van der Waals surface area contributed by atoms with Crippen molar-refractivity contribution in [2.45, 2.75) is 12.5 Å². The number of hydrogen-bond acceptors (Lipinski definition) is 3. The number of nitrogens with zero attached hydrogens (tertiary/aromatic N) is 1. The molecule has 1 aliphatic rings. The predicted octanol–water partition coefficient (Wildman–Crippen LogP) is 2.90. The SMILES string of the molecule is COc1cccc(N2CC(NC(=O)Nc3ccc(F)c(F)c3)CC2=O)c1. The van der Waals surface area contributed by atoms with E-state index >= 15 is 0 Å². The van der Waals surface area contributed by atoms with Crippen molar-refractivity contribution in [2.24, 2.45) is 0 Å². The van der Waals surface area contributed by atoms with E-state index in [1.54, 1.807) is 29.2 Å². The first-order chi connectivity index (χ1) is 12.5. The molecule has 2 aromatic carbocycles. The predicted molar refractivity (Wildman–Crippen MR) is 92.3 cm³/mol. The van der Waals surface area contributed by atoms with E-state index in [9.17, 15) is 18.4 Å². The summed E-state index contributed by atoms with van der Waals surface area (Å²) in [6.07, 6.45) is 0.141. The fraction of sp³-hybridized carbons (Fsp3) is 0.222.